The zero-order valence-electron chi connectivity index (χ0n) is 15.2. The van der Waals surface area contributed by atoms with E-state index in [0.29, 0.717) is 19.4 Å². The fraction of sp³-hybridized carbons (Fsp3) is 0.625. The van der Waals surface area contributed by atoms with Crippen LogP contribution in [0.5, 0.6) is 0 Å². The van der Waals surface area contributed by atoms with Crippen LogP contribution in [-0.2, 0) is 20.9 Å². The van der Waals surface area contributed by atoms with Crippen LogP contribution in [-0.4, -0.2) is 75.8 Å². The van der Waals surface area contributed by atoms with Gasteiger partial charge in [0.25, 0.3) is 0 Å². The van der Waals surface area contributed by atoms with E-state index in [0.717, 1.165) is 9.91 Å². The number of aryl methyl sites for hydroxylation is 1. The third-order valence-corrected chi connectivity index (χ3v) is 3.54. The largest absolute Gasteiger partial charge is 0.393 e. The molecule has 0 spiro atoms. The highest BCUT2D eigenvalue weighted by atomic mass is 16.5. The van der Waals surface area contributed by atoms with E-state index in [4.69, 9.17) is 4.74 Å². The Kier molecular flexibility index (Phi) is 9.95. The molecule has 2 N–H and O–H groups in total. The van der Waals surface area contributed by atoms with Crippen molar-refractivity contribution in [1.82, 2.24) is 24.9 Å². The number of aromatic nitrogens is 2. The van der Waals surface area contributed by atoms with Crippen LogP contribution in [0.15, 0.2) is 18.7 Å². The molecule has 0 radical (unpaired) electrons. The highest BCUT2D eigenvalue weighted by molar-refractivity contribution is 5.87. The number of nitrogens with one attached hydrogen (secondary N) is 1. The van der Waals surface area contributed by atoms with Crippen molar-refractivity contribution in [2.45, 2.75) is 38.8 Å². The molecule has 1 unspecified atom stereocenters. The monoisotopic (exact) mass is 369 g/mol. The summed E-state index contributed by atoms with van der Waals surface area (Å²) in [5.41, 5.74) is 2.51. The fourth-order valence-electron chi connectivity index (χ4n) is 2.11. The number of aliphatic hydroxyl groups excluding tert-OH is 1. The van der Waals surface area contributed by atoms with Crippen LogP contribution < -0.4 is 5.43 Å². The topological polar surface area (TPSA) is 117 Å². The quantitative estimate of drug-likeness (QED) is 0.419. The number of amides is 4. The van der Waals surface area contributed by atoms with E-state index in [1.165, 1.54) is 7.11 Å². The summed E-state index contributed by atoms with van der Waals surface area (Å²) in [6, 6.07) is -0.642. The van der Waals surface area contributed by atoms with Crippen molar-refractivity contribution in [3.63, 3.8) is 0 Å². The van der Waals surface area contributed by atoms with Crippen molar-refractivity contribution in [2.75, 3.05) is 26.8 Å². The zero-order chi connectivity index (χ0) is 19.4. The summed E-state index contributed by atoms with van der Waals surface area (Å²) in [6.07, 6.45) is 5.76. The number of aliphatic hydroxyl groups is 1. The van der Waals surface area contributed by atoms with Crippen LogP contribution in [0.4, 0.5) is 4.79 Å². The lowest BCUT2D eigenvalue weighted by Crippen LogP contribution is -2.52. The summed E-state index contributed by atoms with van der Waals surface area (Å²) in [5.74, 6) is -0.385. The molecule has 0 saturated heterocycles. The van der Waals surface area contributed by atoms with Crippen LogP contribution in [0.2, 0.25) is 0 Å². The highest BCUT2D eigenvalue weighted by Crippen LogP contribution is 2.02. The maximum Gasteiger partial charge on any atom is 0.345 e. The summed E-state index contributed by atoms with van der Waals surface area (Å²) in [5, 5.41) is 10.5. The molecule has 146 valence electrons. The molecule has 0 aromatic carbocycles. The smallest absolute Gasteiger partial charge is 0.345 e. The number of imide groups is 1. The second-order valence-corrected chi connectivity index (χ2v) is 5.80. The number of hydrazine groups is 1. The molecular weight excluding hydrogens is 342 g/mol. The average molecular weight is 369 g/mol. The second-order valence-electron chi connectivity index (χ2n) is 5.80. The van der Waals surface area contributed by atoms with E-state index in [2.05, 4.69) is 10.4 Å². The van der Waals surface area contributed by atoms with Crippen molar-refractivity contribution < 1.29 is 24.2 Å². The van der Waals surface area contributed by atoms with Crippen molar-refractivity contribution in [3.8, 4) is 0 Å². The Hall–Kier alpha value is -2.46. The minimum Gasteiger partial charge on any atom is -0.393 e. The van der Waals surface area contributed by atoms with Gasteiger partial charge in [0, 0.05) is 39.1 Å². The van der Waals surface area contributed by atoms with Crippen LogP contribution in [0, 0.1) is 0 Å². The van der Waals surface area contributed by atoms with Crippen molar-refractivity contribution in [1.29, 1.82) is 0 Å². The van der Waals surface area contributed by atoms with Gasteiger partial charge in [-0.05, 0) is 19.8 Å². The minimum absolute atomic E-state index is 0.0615. The third kappa shape index (κ3) is 8.08. The van der Waals surface area contributed by atoms with Gasteiger partial charge in [-0.3, -0.25) is 19.9 Å². The molecule has 1 rings (SSSR count). The Labute approximate surface area is 152 Å². The van der Waals surface area contributed by atoms with Crippen molar-refractivity contribution in [2.24, 2.45) is 0 Å². The first-order valence-electron chi connectivity index (χ1n) is 8.43. The summed E-state index contributed by atoms with van der Waals surface area (Å²) >= 11 is 0. The van der Waals surface area contributed by atoms with E-state index >= 15 is 0 Å². The predicted octanol–water partition coefficient (Wildman–Crippen LogP) is -0.00780. The highest BCUT2D eigenvalue weighted by Gasteiger charge is 2.22. The van der Waals surface area contributed by atoms with E-state index in [-0.39, 0.29) is 38.4 Å². The molecule has 1 aromatic heterocycles. The number of nitrogens with zero attached hydrogens (tertiary/aromatic N) is 4. The molecule has 1 atom stereocenters. The van der Waals surface area contributed by atoms with E-state index < -0.39 is 12.1 Å². The Morgan fingerprint density at radius 2 is 2.19 bits per heavy atom. The fourth-order valence-corrected chi connectivity index (χ4v) is 2.11. The van der Waals surface area contributed by atoms with E-state index in [1.54, 1.807) is 25.6 Å². The first-order chi connectivity index (χ1) is 12.5. The Morgan fingerprint density at radius 3 is 2.77 bits per heavy atom. The number of imidazole rings is 1. The number of urea groups is 1. The van der Waals surface area contributed by atoms with Gasteiger partial charge in [0.15, 0.2) is 0 Å². The third-order valence-electron chi connectivity index (χ3n) is 3.54. The predicted molar refractivity (Wildman–Crippen MR) is 92.6 cm³/mol. The molecule has 4 amide bonds. The maximum atomic E-state index is 12.6. The van der Waals surface area contributed by atoms with Crippen molar-refractivity contribution >= 4 is 18.3 Å². The minimum atomic E-state index is -0.642. The first kappa shape index (κ1) is 21.6. The molecule has 0 fully saturated rings. The Balaban J connectivity index is 2.67. The van der Waals surface area contributed by atoms with Gasteiger partial charge < -0.3 is 14.4 Å². The lowest BCUT2D eigenvalue weighted by atomic mass is 10.3. The molecule has 10 nitrogen and oxygen atoms in total. The standard InChI is InChI=1S/C16H27N5O5/c1-14(23)4-9-20(13-22)16(25)21(18-15(24)5-11-26-2)8-3-7-19-10-6-17-12-19/h6,10,12-14,23H,3-5,7-9,11H2,1-2H3,(H,18,24). The molecule has 0 saturated carbocycles. The Morgan fingerprint density at radius 1 is 1.42 bits per heavy atom. The summed E-state index contributed by atoms with van der Waals surface area (Å²) < 4.78 is 6.70. The van der Waals surface area contributed by atoms with Gasteiger partial charge in [-0.2, -0.15) is 0 Å². The number of carbonyl (C=O) groups is 3. The number of rotatable bonds is 11. The van der Waals surface area contributed by atoms with Crippen molar-refractivity contribution in [3.05, 3.63) is 18.7 Å². The maximum absolute atomic E-state index is 12.6. The van der Waals surface area contributed by atoms with E-state index in [9.17, 15) is 19.5 Å². The van der Waals surface area contributed by atoms with Gasteiger partial charge in [0.2, 0.25) is 12.3 Å². The SMILES string of the molecule is COCCC(=O)NN(CCCn1ccnc1)C(=O)N(C=O)CCC(C)O. The van der Waals surface area contributed by atoms with Gasteiger partial charge >= 0.3 is 6.03 Å². The summed E-state index contributed by atoms with van der Waals surface area (Å²) in [7, 11) is 1.48. The zero-order valence-corrected chi connectivity index (χ0v) is 15.2. The van der Waals surface area contributed by atoms with Gasteiger partial charge in [0.1, 0.15) is 0 Å². The lowest BCUT2D eigenvalue weighted by Gasteiger charge is -2.28. The Bertz CT molecular complexity index is 549. The summed E-state index contributed by atoms with van der Waals surface area (Å²) in [6.45, 7) is 2.68. The lowest BCUT2D eigenvalue weighted by molar-refractivity contribution is -0.127. The molecule has 0 aliphatic carbocycles. The van der Waals surface area contributed by atoms with Crippen LogP contribution in [0.3, 0.4) is 0 Å². The molecular formula is C16H27N5O5. The van der Waals surface area contributed by atoms with Gasteiger partial charge in [-0.15, -0.1) is 0 Å². The number of hydrogen-bond acceptors (Lipinski definition) is 6. The first-order valence-corrected chi connectivity index (χ1v) is 8.43. The summed E-state index contributed by atoms with van der Waals surface area (Å²) in [4.78, 5) is 40.6. The van der Waals surface area contributed by atoms with Gasteiger partial charge in [-0.1, -0.05) is 0 Å². The van der Waals surface area contributed by atoms with Gasteiger partial charge in [-0.25, -0.2) is 14.8 Å². The van der Waals surface area contributed by atoms with Gasteiger partial charge in [0.05, 0.1) is 25.5 Å². The second kappa shape index (κ2) is 12.0. The molecule has 26 heavy (non-hydrogen) atoms. The molecule has 1 aromatic rings. The number of methoxy groups -OCH3 is 1. The van der Waals surface area contributed by atoms with Crippen LogP contribution in [0.25, 0.3) is 0 Å². The van der Waals surface area contributed by atoms with Crippen LogP contribution >= 0.6 is 0 Å². The number of ether oxygens (including phenoxy) is 1. The molecule has 0 bridgehead atoms. The number of carbonyl (C=O) groups excluding carboxylic acids is 3. The molecule has 0 aliphatic rings. The van der Waals surface area contributed by atoms with E-state index in [1.807, 2.05) is 4.57 Å². The molecule has 0 aliphatic heterocycles. The van der Waals surface area contributed by atoms with Crippen LogP contribution in [0.1, 0.15) is 26.2 Å². The molecule has 10 heteroatoms. The molecule has 1 heterocycles. The average Bonchev–Trinajstić information content (AvgIpc) is 3.12. The normalized spacial score (nSPS) is 11.7. The number of hydrogen-bond donors (Lipinski definition) is 2.